The molecule has 0 bridgehead atoms. The Balaban J connectivity index is 3.49. The van der Waals surface area contributed by atoms with Crippen molar-refractivity contribution in [1.82, 2.24) is 0 Å². The fourth-order valence-electron chi connectivity index (χ4n) is 0.937. The van der Waals surface area contributed by atoms with E-state index in [-0.39, 0.29) is 31.0 Å². The summed E-state index contributed by atoms with van der Waals surface area (Å²) in [5.74, 6) is -0.695. The highest BCUT2D eigenvalue weighted by molar-refractivity contribution is 5.94. The van der Waals surface area contributed by atoms with E-state index >= 15 is 0 Å². The lowest BCUT2D eigenvalue weighted by Gasteiger charge is -2.02. The number of ketones is 2. The zero-order valence-corrected chi connectivity index (χ0v) is 8.67. The smallest absolute Gasteiger partial charge is 0.313 e. The number of rotatable bonds is 7. The van der Waals surface area contributed by atoms with E-state index in [0.29, 0.717) is 6.42 Å². The molecule has 14 heavy (non-hydrogen) atoms. The number of Topliss-reactive ketones (excluding diaryl/α,β-unsaturated/α-hetero) is 2. The fraction of sp³-hybridized carbons (Fsp3) is 0.700. The quantitative estimate of drug-likeness (QED) is 0.458. The molecule has 0 aromatic carbocycles. The zero-order chi connectivity index (χ0) is 11.0. The number of ether oxygens (including phenoxy) is 1. The molecule has 0 rings (SSSR count). The van der Waals surface area contributed by atoms with Crippen LogP contribution >= 0.6 is 0 Å². The second kappa shape index (κ2) is 7.24. The van der Waals surface area contributed by atoms with Gasteiger partial charge in [0.2, 0.25) is 0 Å². The van der Waals surface area contributed by atoms with Gasteiger partial charge >= 0.3 is 5.97 Å². The van der Waals surface area contributed by atoms with Gasteiger partial charge in [-0.1, -0.05) is 6.92 Å². The summed E-state index contributed by atoms with van der Waals surface area (Å²) >= 11 is 0. The molecule has 80 valence electrons. The molecule has 0 saturated carbocycles. The summed E-state index contributed by atoms with van der Waals surface area (Å²) in [6.07, 6.45) is 1.37. The Hall–Kier alpha value is -1.19. The average Bonchev–Trinajstić information content (AvgIpc) is 2.02. The van der Waals surface area contributed by atoms with E-state index in [9.17, 15) is 14.4 Å². The second-order valence-corrected chi connectivity index (χ2v) is 3.14. The average molecular weight is 200 g/mol. The van der Waals surface area contributed by atoms with E-state index in [0.717, 1.165) is 6.42 Å². The number of carbonyl (C=O) groups is 3. The monoisotopic (exact) mass is 200 g/mol. The van der Waals surface area contributed by atoms with Crippen LogP contribution in [0.2, 0.25) is 0 Å². The minimum atomic E-state index is -0.554. The van der Waals surface area contributed by atoms with Crippen molar-refractivity contribution in [1.29, 1.82) is 0 Å². The number of carbonyl (C=O) groups excluding carboxylic acids is 3. The molecule has 0 N–H and O–H groups in total. The second-order valence-electron chi connectivity index (χ2n) is 3.14. The Bertz CT molecular complexity index is 220. The van der Waals surface area contributed by atoms with Crippen LogP contribution in [0.25, 0.3) is 0 Å². The Kier molecular flexibility index (Phi) is 6.62. The summed E-state index contributed by atoms with van der Waals surface area (Å²) in [5, 5.41) is 0. The molecule has 0 amide bonds. The molecule has 0 atom stereocenters. The summed E-state index contributed by atoms with van der Waals surface area (Å²) in [6, 6.07) is 0. The molecule has 0 saturated heterocycles. The van der Waals surface area contributed by atoms with Gasteiger partial charge in [0.25, 0.3) is 0 Å². The molecule has 0 spiro atoms. The number of hydrogen-bond donors (Lipinski definition) is 0. The van der Waals surface area contributed by atoms with Crippen molar-refractivity contribution in [3.63, 3.8) is 0 Å². The third-order valence-electron chi connectivity index (χ3n) is 1.57. The molecule has 0 aromatic heterocycles. The normalized spacial score (nSPS) is 9.57. The van der Waals surface area contributed by atoms with Gasteiger partial charge in [-0.25, -0.2) is 0 Å². The summed E-state index contributed by atoms with van der Waals surface area (Å²) in [5.41, 5.74) is 0. The van der Waals surface area contributed by atoms with Crippen LogP contribution < -0.4 is 0 Å². The Morgan fingerprint density at radius 2 is 1.79 bits per heavy atom. The van der Waals surface area contributed by atoms with Gasteiger partial charge in [0.1, 0.15) is 18.0 Å². The van der Waals surface area contributed by atoms with Crippen molar-refractivity contribution in [2.24, 2.45) is 0 Å². The maximum Gasteiger partial charge on any atom is 0.313 e. The molecular weight excluding hydrogens is 184 g/mol. The van der Waals surface area contributed by atoms with Gasteiger partial charge in [0.05, 0.1) is 6.61 Å². The first-order valence-corrected chi connectivity index (χ1v) is 4.73. The zero-order valence-electron chi connectivity index (χ0n) is 8.67. The van der Waals surface area contributed by atoms with E-state index in [1.54, 1.807) is 0 Å². The van der Waals surface area contributed by atoms with E-state index in [2.05, 4.69) is 4.74 Å². The predicted octanol–water partition coefficient (Wildman–Crippen LogP) is 1.27. The van der Waals surface area contributed by atoms with Crippen LogP contribution in [-0.2, 0) is 19.1 Å². The molecule has 0 aromatic rings. The van der Waals surface area contributed by atoms with Crippen LogP contribution in [0.4, 0.5) is 0 Å². The minimum Gasteiger partial charge on any atom is -0.465 e. The Morgan fingerprint density at radius 3 is 2.29 bits per heavy atom. The lowest BCUT2D eigenvalue weighted by Crippen LogP contribution is -2.12. The van der Waals surface area contributed by atoms with E-state index in [1.165, 1.54) is 6.92 Å². The molecule has 0 aliphatic carbocycles. The molecule has 0 unspecified atom stereocenters. The largest absolute Gasteiger partial charge is 0.465 e. The first-order chi connectivity index (χ1) is 6.56. The highest BCUT2D eigenvalue weighted by atomic mass is 16.5. The van der Waals surface area contributed by atoms with Gasteiger partial charge in [-0.2, -0.15) is 0 Å². The van der Waals surface area contributed by atoms with Crippen molar-refractivity contribution in [2.45, 2.75) is 39.5 Å². The Morgan fingerprint density at radius 1 is 1.14 bits per heavy atom. The van der Waals surface area contributed by atoms with Crippen molar-refractivity contribution in [3.05, 3.63) is 0 Å². The van der Waals surface area contributed by atoms with Gasteiger partial charge in [0.15, 0.2) is 0 Å². The summed E-state index contributed by atoms with van der Waals surface area (Å²) in [4.78, 5) is 32.3. The third-order valence-corrected chi connectivity index (χ3v) is 1.57. The van der Waals surface area contributed by atoms with Gasteiger partial charge in [-0.05, 0) is 13.3 Å². The molecule has 0 aliphatic rings. The highest BCUT2D eigenvalue weighted by Gasteiger charge is 2.07. The summed E-state index contributed by atoms with van der Waals surface area (Å²) < 4.78 is 4.69. The van der Waals surface area contributed by atoms with Crippen molar-refractivity contribution in [2.75, 3.05) is 6.61 Å². The lowest BCUT2D eigenvalue weighted by atomic mass is 10.2. The topological polar surface area (TPSA) is 60.4 Å². The first kappa shape index (κ1) is 12.8. The van der Waals surface area contributed by atoms with E-state index < -0.39 is 5.97 Å². The van der Waals surface area contributed by atoms with Crippen LogP contribution in [0, 0.1) is 0 Å². The van der Waals surface area contributed by atoms with E-state index in [1.807, 2.05) is 6.92 Å². The van der Waals surface area contributed by atoms with Crippen LogP contribution in [0.3, 0.4) is 0 Å². The van der Waals surface area contributed by atoms with Crippen LogP contribution in [0.5, 0.6) is 0 Å². The predicted molar refractivity (Wildman–Crippen MR) is 50.8 cm³/mol. The van der Waals surface area contributed by atoms with Gasteiger partial charge in [-0.15, -0.1) is 0 Å². The van der Waals surface area contributed by atoms with Crippen molar-refractivity contribution >= 4 is 17.5 Å². The van der Waals surface area contributed by atoms with Crippen LogP contribution in [0.1, 0.15) is 39.5 Å². The van der Waals surface area contributed by atoms with Crippen LogP contribution in [-0.4, -0.2) is 24.1 Å². The molecule has 4 nitrogen and oxygen atoms in total. The van der Waals surface area contributed by atoms with Gasteiger partial charge < -0.3 is 4.74 Å². The van der Waals surface area contributed by atoms with Crippen LogP contribution in [0.15, 0.2) is 0 Å². The van der Waals surface area contributed by atoms with E-state index in [4.69, 9.17) is 0 Å². The summed E-state index contributed by atoms with van der Waals surface area (Å²) in [6.45, 7) is 3.33. The molecule has 0 heterocycles. The molecular formula is C10H16O4. The van der Waals surface area contributed by atoms with Crippen molar-refractivity contribution in [3.8, 4) is 0 Å². The Labute approximate surface area is 83.6 Å². The first-order valence-electron chi connectivity index (χ1n) is 4.73. The van der Waals surface area contributed by atoms with Crippen molar-refractivity contribution < 1.29 is 19.1 Å². The molecule has 0 aliphatic heterocycles. The fourth-order valence-corrected chi connectivity index (χ4v) is 0.937. The van der Waals surface area contributed by atoms with Gasteiger partial charge in [0, 0.05) is 12.8 Å². The molecule has 0 fully saturated rings. The standard InChI is InChI=1S/C10H16O4/c1-3-4-9(12)5-6-14-10(13)7-8(2)11/h3-7H2,1-2H3. The molecule has 0 radical (unpaired) electrons. The maximum absolute atomic E-state index is 11.0. The minimum absolute atomic E-state index is 0.0862. The van der Waals surface area contributed by atoms with Gasteiger partial charge in [-0.3, -0.25) is 14.4 Å². The number of esters is 1. The lowest BCUT2D eigenvalue weighted by molar-refractivity contribution is -0.146. The maximum atomic E-state index is 11.0. The SMILES string of the molecule is CCCC(=O)CCOC(=O)CC(C)=O. The highest BCUT2D eigenvalue weighted by Crippen LogP contribution is 1.96. The third kappa shape index (κ3) is 7.46. The molecule has 4 heteroatoms. The number of hydrogen-bond acceptors (Lipinski definition) is 4. The summed E-state index contributed by atoms with van der Waals surface area (Å²) in [7, 11) is 0.